The molecule has 1 aliphatic rings. The van der Waals surface area contributed by atoms with Crippen LogP contribution in [0.5, 0.6) is 0 Å². The van der Waals surface area contributed by atoms with Crippen molar-refractivity contribution in [2.24, 2.45) is 0 Å². The van der Waals surface area contributed by atoms with E-state index < -0.39 is 5.91 Å². The number of nitriles is 1. The van der Waals surface area contributed by atoms with Crippen molar-refractivity contribution in [1.29, 1.82) is 5.26 Å². The molecule has 5 heteroatoms. The van der Waals surface area contributed by atoms with E-state index in [1.54, 1.807) is 30.5 Å². The van der Waals surface area contributed by atoms with Gasteiger partial charge in [0.15, 0.2) is 5.78 Å². The summed E-state index contributed by atoms with van der Waals surface area (Å²) in [5, 5.41) is 11.8. The smallest absolute Gasteiger partial charge is 0.267 e. The molecule has 0 aromatic heterocycles. The Hall–Kier alpha value is -2.61. The molecule has 0 saturated carbocycles. The molecule has 108 valence electrons. The van der Waals surface area contributed by atoms with Crippen molar-refractivity contribution < 1.29 is 9.59 Å². The maximum atomic E-state index is 12.1. The fraction of sp³-hybridized carbons (Fsp3) is 0.312. The fourth-order valence-electron chi connectivity index (χ4n) is 2.21. The van der Waals surface area contributed by atoms with Crippen LogP contribution in [0.3, 0.4) is 0 Å². The Labute approximate surface area is 123 Å². The third-order valence-electron chi connectivity index (χ3n) is 3.34. The Balaban J connectivity index is 2.10. The molecule has 1 N–H and O–H groups in total. The Kier molecular flexibility index (Phi) is 4.72. The molecular formula is C16H17N3O2. The molecule has 2 rings (SSSR count). The molecular weight excluding hydrogens is 266 g/mol. The molecule has 1 amide bonds. The van der Waals surface area contributed by atoms with Crippen LogP contribution < -0.4 is 5.32 Å². The molecule has 0 bridgehead atoms. The molecule has 0 unspecified atom stereocenters. The molecule has 1 fully saturated rings. The zero-order valence-corrected chi connectivity index (χ0v) is 11.9. The summed E-state index contributed by atoms with van der Waals surface area (Å²) >= 11 is 0. The van der Waals surface area contributed by atoms with Crippen LogP contribution in [0, 0.1) is 11.3 Å². The molecule has 0 radical (unpaired) electrons. The lowest BCUT2D eigenvalue weighted by Crippen LogP contribution is -2.18. The molecule has 0 spiro atoms. The van der Waals surface area contributed by atoms with E-state index in [1.807, 2.05) is 11.0 Å². The molecule has 1 heterocycles. The van der Waals surface area contributed by atoms with Crippen molar-refractivity contribution >= 4 is 17.4 Å². The average molecular weight is 283 g/mol. The third kappa shape index (κ3) is 3.93. The minimum absolute atomic E-state index is 0.0702. The highest BCUT2D eigenvalue weighted by molar-refractivity contribution is 6.07. The number of carbonyl (C=O) groups excluding carboxylic acids is 2. The van der Waals surface area contributed by atoms with Gasteiger partial charge in [-0.3, -0.25) is 9.59 Å². The summed E-state index contributed by atoms with van der Waals surface area (Å²) in [5.41, 5.74) is 1.11. The van der Waals surface area contributed by atoms with Gasteiger partial charge in [0.25, 0.3) is 5.91 Å². The van der Waals surface area contributed by atoms with Crippen molar-refractivity contribution in [2.45, 2.75) is 19.8 Å². The first-order chi connectivity index (χ1) is 10.1. The van der Waals surface area contributed by atoms with Crippen LogP contribution >= 0.6 is 0 Å². The second kappa shape index (κ2) is 6.71. The van der Waals surface area contributed by atoms with Gasteiger partial charge in [-0.1, -0.05) is 12.1 Å². The SMILES string of the molecule is CC(=O)c1cccc(NC(=O)/C(C#N)=C\N2CCCC2)c1. The number of anilines is 1. The second-order valence-corrected chi connectivity index (χ2v) is 4.99. The van der Waals surface area contributed by atoms with Gasteiger partial charge in [0, 0.05) is 30.5 Å². The Morgan fingerprint density at radius 1 is 1.33 bits per heavy atom. The number of Topliss-reactive ketones (excluding diaryl/α,β-unsaturated/α-hetero) is 1. The highest BCUT2D eigenvalue weighted by atomic mass is 16.1. The second-order valence-electron chi connectivity index (χ2n) is 4.99. The van der Waals surface area contributed by atoms with Gasteiger partial charge in [0.05, 0.1) is 0 Å². The number of ketones is 1. The molecule has 5 nitrogen and oxygen atoms in total. The minimum Gasteiger partial charge on any atom is -0.376 e. The lowest BCUT2D eigenvalue weighted by atomic mass is 10.1. The monoisotopic (exact) mass is 283 g/mol. The maximum absolute atomic E-state index is 12.1. The van der Waals surface area contributed by atoms with Crippen molar-refractivity contribution in [2.75, 3.05) is 18.4 Å². The number of amides is 1. The van der Waals surface area contributed by atoms with Crippen LogP contribution in [0.25, 0.3) is 0 Å². The number of rotatable bonds is 4. The lowest BCUT2D eigenvalue weighted by Gasteiger charge is -2.12. The van der Waals surface area contributed by atoms with E-state index in [2.05, 4.69) is 5.32 Å². The zero-order valence-electron chi connectivity index (χ0n) is 11.9. The maximum Gasteiger partial charge on any atom is 0.267 e. The van der Waals surface area contributed by atoms with Crippen molar-refractivity contribution in [1.82, 2.24) is 4.90 Å². The highest BCUT2D eigenvalue weighted by Crippen LogP contribution is 2.14. The zero-order chi connectivity index (χ0) is 15.2. The predicted octanol–water partition coefficient (Wildman–Crippen LogP) is 2.33. The van der Waals surface area contributed by atoms with Gasteiger partial charge in [0.2, 0.25) is 0 Å². The first-order valence-corrected chi connectivity index (χ1v) is 6.88. The van der Waals surface area contributed by atoms with Gasteiger partial charge in [-0.2, -0.15) is 5.26 Å². The van der Waals surface area contributed by atoms with Gasteiger partial charge in [-0.25, -0.2) is 0 Å². The van der Waals surface area contributed by atoms with Gasteiger partial charge < -0.3 is 10.2 Å². The molecule has 0 atom stereocenters. The van der Waals surface area contributed by atoms with E-state index in [1.165, 1.54) is 6.92 Å². The van der Waals surface area contributed by atoms with E-state index in [4.69, 9.17) is 5.26 Å². The van der Waals surface area contributed by atoms with Gasteiger partial charge in [-0.15, -0.1) is 0 Å². The number of hydrogen-bond donors (Lipinski definition) is 1. The fourth-order valence-corrected chi connectivity index (χ4v) is 2.21. The van der Waals surface area contributed by atoms with Gasteiger partial charge in [0.1, 0.15) is 11.6 Å². The van der Waals surface area contributed by atoms with Gasteiger partial charge in [-0.05, 0) is 31.9 Å². The Morgan fingerprint density at radius 2 is 2.05 bits per heavy atom. The number of benzene rings is 1. The summed E-state index contributed by atoms with van der Waals surface area (Å²) < 4.78 is 0. The molecule has 0 aliphatic carbocycles. The van der Waals surface area contributed by atoms with Crippen LogP contribution in [-0.4, -0.2) is 29.7 Å². The Bertz CT molecular complexity index is 623. The van der Waals surface area contributed by atoms with Gasteiger partial charge >= 0.3 is 0 Å². The summed E-state index contributed by atoms with van der Waals surface area (Å²) in [5.74, 6) is -0.524. The number of carbonyl (C=O) groups is 2. The first kappa shape index (κ1) is 14.8. The molecule has 1 aromatic carbocycles. The van der Waals surface area contributed by atoms with Crippen LogP contribution in [0.15, 0.2) is 36.0 Å². The number of nitrogens with one attached hydrogen (secondary N) is 1. The summed E-state index contributed by atoms with van der Waals surface area (Å²) in [6, 6.07) is 8.60. The molecule has 1 saturated heterocycles. The van der Waals surface area contributed by atoms with Crippen LogP contribution in [0.2, 0.25) is 0 Å². The topological polar surface area (TPSA) is 73.2 Å². The van der Waals surface area contributed by atoms with E-state index in [9.17, 15) is 9.59 Å². The Morgan fingerprint density at radius 3 is 2.67 bits per heavy atom. The quantitative estimate of drug-likeness (QED) is 0.523. The number of likely N-dealkylation sites (tertiary alicyclic amines) is 1. The molecule has 21 heavy (non-hydrogen) atoms. The summed E-state index contributed by atoms with van der Waals surface area (Å²) in [6.45, 7) is 3.21. The van der Waals surface area contributed by atoms with Crippen LogP contribution in [0.4, 0.5) is 5.69 Å². The average Bonchev–Trinajstić information content (AvgIpc) is 2.97. The van der Waals surface area contributed by atoms with E-state index in [0.29, 0.717) is 11.3 Å². The van der Waals surface area contributed by atoms with Crippen LogP contribution in [-0.2, 0) is 4.79 Å². The third-order valence-corrected chi connectivity index (χ3v) is 3.34. The highest BCUT2D eigenvalue weighted by Gasteiger charge is 2.14. The molecule has 1 aliphatic heterocycles. The van der Waals surface area contributed by atoms with Crippen LogP contribution in [0.1, 0.15) is 30.1 Å². The van der Waals surface area contributed by atoms with E-state index in [-0.39, 0.29) is 11.4 Å². The standard InChI is InChI=1S/C16H17N3O2/c1-12(20)13-5-4-6-15(9-13)18-16(21)14(10-17)11-19-7-2-3-8-19/h4-6,9,11H,2-3,7-8H2,1H3,(H,18,21)/b14-11-. The minimum atomic E-state index is -0.454. The lowest BCUT2D eigenvalue weighted by molar-refractivity contribution is -0.112. The van der Waals surface area contributed by atoms with Crippen molar-refractivity contribution in [3.63, 3.8) is 0 Å². The number of hydrogen-bond acceptors (Lipinski definition) is 4. The summed E-state index contributed by atoms with van der Waals surface area (Å²) in [7, 11) is 0. The largest absolute Gasteiger partial charge is 0.376 e. The van der Waals surface area contributed by atoms with Crippen molar-refractivity contribution in [3.05, 3.63) is 41.6 Å². The normalized spacial score (nSPS) is 14.7. The van der Waals surface area contributed by atoms with E-state index >= 15 is 0 Å². The van der Waals surface area contributed by atoms with E-state index in [0.717, 1.165) is 25.9 Å². The number of nitrogens with zero attached hydrogens (tertiary/aromatic N) is 2. The predicted molar refractivity (Wildman–Crippen MR) is 79.6 cm³/mol. The first-order valence-electron chi connectivity index (χ1n) is 6.88. The summed E-state index contributed by atoms with van der Waals surface area (Å²) in [4.78, 5) is 25.4. The summed E-state index contributed by atoms with van der Waals surface area (Å²) in [6.07, 6.45) is 3.77. The molecule has 1 aromatic rings. The van der Waals surface area contributed by atoms with Crippen molar-refractivity contribution in [3.8, 4) is 6.07 Å².